The van der Waals surface area contributed by atoms with Crippen molar-refractivity contribution >= 4 is 11.3 Å². The molecule has 2 aromatic heterocycles. The molecule has 0 saturated carbocycles. The topological polar surface area (TPSA) is 62.4 Å². The van der Waals surface area contributed by atoms with Crippen molar-refractivity contribution in [2.75, 3.05) is 13.2 Å². The number of nitrogens with zero attached hydrogens (tertiary/aromatic N) is 3. The number of likely N-dealkylation sites (tertiary alicyclic amines) is 1. The van der Waals surface area contributed by atoms with Crippen LogP contribution in [0.1, 0.15) is 18.7 Å². The van der Waals surface area contributed by atoms with Gasteiger partial charge in [0.25, 0.3) is 5.89 Å². The maximum atomic E-state index is 9.27. The SMILES string of the molecule is OC[C@H]1CCCN1Cc1noc(-c2cccs2)n1. The molecule has 1 aliphatic heterocycles. The third-order valence-electron chi connectivity index (χ3n) is 3.25. The molecular formula is C12H15N3O2S. The van der Waals surface area contributed by atoms with E-state index in [1.165, 1.54) is 0 Å². The second-order valence-corrected chi connectivity index (χ2v) is 5.39. The fourth-order valence-corrected chi connectivity index (χ4v) is 2.95. The van der Waals surface area contributed by atoms with Gasteiger partial charge in [0, 0.05) is 6.04 Å². The highest BCUT2D eigenvalue weighted by molar-refractivity contribution is 7.13. The van der Waals surface area contributed by atoms with Crippen LogP contribution in [-0.4, -0.2) is 39.3 Å². The Kier molecular flexibility index (Phi) is 3.40. The lowest BCUT2D eigenvalue weighted by atomic mass is 10.2. The van der Waals surface area contributed by atoms with Gasteiger partial charge in [-0.2, -0.15) is 4.98 Å². The highest BCUT2D eigenvalue weighted by Crippen LogP contribution is 2.24. The van der Waals surface area contributed by atoms with Gasteiger partial charge in [-0.1, -0.05) is 11.2 Å². The highest BCUT2D eigenvalue weighted by Gasteiger charge is 2.25. The van der Waals surface area contributed by atoms with E-state index in [2.05, 4.69) is 15.0 Å². The summed E-state index contributed by atoms with van der Waals surface area (Å²) >= 11 is 1.59. The van der Waals surface area contributed by atoms with Crippen LogP contribution < -0.4 is 0 Å². The zero-order chi connectivity index (χ0) is 12.4. The summed E-state index contributed by atoms with van der Waals surface area (Å²) in [4.78, 5) is 7.60. The quantitative estimate of drug-likeness (QED) is 0.912. The smallest absolute Gasteiger partial charge is 0.268 e. The molecule has 0 amide bonds. The van der Waals surface area contributed by atoms with Gasteiger partial charge >= 0.3 is 0 Å². The molecule has 3 heterocycles. The Labute approximate surface area is 109 Å². The van der Waals surface area contributed by atoms with Crippen LogP contribution >= 0.6 is 11.3 Å². The van der Waals surface area contributed by atoms with Crippen LogP contribution in [0.3, 0.4) is 0 Å². The van der Waals surface area contributed by atoms with E-state index in [0.717, 1.165) is 24.3 Å². The Morgan fingerprint density at radius 1 is 1.56 bits per heavy atom. The van der Waals surface area contributed by atoms with Crippen LogP contribution in [0.5, 0.6) is 0 Å². The summed E-state index contributed by atoms with van der Waals surface area (Å²) in [5, 5.41) is 15.3. The highest BCUT2D eigenvalue weighted by atomic mass is 32.1. The van der Waals surface area contributed by atoms with E-state index in [1.54, 1.807) is 11.3 Å². The molecule has 2 aromatic rings. The lowest BCUT2D eigenvalue weighted by molar-refractivity contribution is 0.150. The molecule has 6 heteroatoms. The van der Waals surface area contributed by atoms with Gasteiger partial charge in [-0.15, -0.1) is 11.3 Å². The van der Waals surface area contributed by atoms with Gasteiger partial charge in [-0.05, 0) is 30.8 Å². The van der Waals surface area contributed by atoms with Crippen molar-refractivity contribution in [1.29, 1.82) is 0 Å². The fraction of sp³-hybridized carbons (Fsp3) is 0.500. The molecule has 0 unspecified atom stereocenters. The van der Waals surface area contributed by atoms with Crippen LogP contribution in [0.15, 0.2) is 22.0 Å². The van der Waals surface area contributed by atoms with Gasteiger partial charge in [0.05, 0.1) is 18.0 Å². The Morgan fingerprint density at radius 2 is 2.50 bits per heavy atom. The summed E-state index contributed by atoms with van der Waals surface area (Å²) in [5.74, 6) is 1.28. The maximum absolute atomic E-state index is 9.27. The normalized spacial score (nSPS) is 20.6. The van der Waals surface area contributed by atoms with Gasteiger partial charge in [0.2, 0.25) is 0 Å². The molecule has 1 atom stereocenters. The van der Waals surface area contributed by atoms with Crippen molar-refractivity contribution in [1.82, 2.24) is 15.0 Å². The standard InChI is InChI=1S/C12H15N3O2S/c16-8-9-3-1-5-15(9)7-11-13-12(17-14-11)10-4-2-6-18-10/h2,4,6,9,16H,1,3,5,7-8H2/t9-/m1/s1. The number of aliphatic hydroxyl groups excluding tert-OH is 1. The second kappa shape index (κ2) is 5.17. The van der Waals surface area contributed by atoms with E-state index in [-0.39, 0.29) is 12.6 Å². The number of hydrogen-bond donors (Lipinski definition) is 1. The summed E-state index contributed by atoms with van der Waals surface area (Å²) in [6.07, 6.45) is 2.17. The molecule has 1 fully saturated rings. The first kappa shape index (κ1) is 11.8. The Balaban J connectivity index is 1.70. The van der Waals surface area contributed by atoms with Crippen LogP contribution in [0.25, 0.3) is 10.8 Å². The van der Waals surface area contributed by atoms with E-state index in [9.17, 15) is 5.11 Å². The third kappa shape index (κ3) is 2.31. The molecule has 1 aliphatic rings. The summed E-state index contributed by atoms with van der Waals surface area (Å²) in [6.45, 7) is 1.85. The fourth-order valence-electron chi connectivity index (χ4n) is 2.31. The molecule has 96 valence electrons. The molecular weight excluding hydrogens is 250 g/mol. The Morgan fingerprint density at radius 3 is 3.28 bits per heavy atom. The van der Waals surface area contributed by atoms with Gasteiger partial charge in [0.15, 0.2) is 5.82 Å². The Bertz CT molecular complexity index is 497. The molecule has 5 nitrogen and oxygen atoms in total. The number of thiophene rings is 1. The van der Waals surface area contributed by atoms with Crippen LogP contribution in [-0.2, 0) is 6.54 Å². The molecule has 18 heavy (non-hydrogen) atoms. The van der Waals surface area contributed by atoms with Gasteiger partial charge in [-0.25, -0.2) is 0 Å². The number of aromatic nitrogens is 2. The first-order valence-electron chi connectivity index (χ1n) is 6.08. The monoisotopic (exact) mass is 265 g/mol. The summed E-state index contributed by atoms with van der Waals surface area (Å²) in [6, 6.07) is 4.18. The van der Waals surface area contributed by atoms with Crippen molar-refractivity contribution in [3.8, 4) is 10.8 Å². The lowest BCUT2D eigenvalue weighted by Crippen LogP contribution is -2.31. The molecule has 1 saturated heterocycles. The van der Waals surface area contributed by atoms with Crippen LogP contribution in [0.4, 0.5) is 0 Å². The predicted octanol–water partition coefficient (Wildman–Crippen LogP) is 1.75. The molecule has 0 aromatic carbocycles. The van der Waals surface area contributed by atoms with Gasteiger partial charge in [-0.3, -0.25) is 4.90 Å². The summed E-state index contributed by atoms with van der Waals surface area (Å²) in [7, 11) is 0. The van der Waals surface area contributed by atoms with Crippen molar-refractivity contribution in [2.24, 2.45) is 0 Å². The van der Waals surface area contributed by atoms with Gasteiger partial charge < -0.3 is 9.63 Å². The van der Waals surface area contributed by atoms with Crippen molar-refractivity contribution < 1.29 is 9.63 Å². The third-order valence-corrected chi connectivity index (χ3v) is 4.11. The maximum Gasteiger partial charge on any atom is 0.268 e. The molecule has 0 spiro atoms. The molecule has 3 rings (SSSR count). The Hall–Kier alpha value is -1.24. The number of hydrogen-bond acceptors (Lipinski definition) is 6. The summed E-state index contributed by atoms with van der Waals surface area (Å²) < 4.78 is 5.25. The number of aliphatic hydroxyl groups is 1. The predicted molar refractivity (Wildman–Crippen MR) is 68.1 cm³/mol. The molecule has 1 N–H and O–H groups in total. The minimum atomic E-state index is 0.204. The zero-order valence-electron chi connectivity index (χ0n) is 9.95. The van der Waals surface area contributed by atoms with Crippen molar-refractivity contribution in [3.05, 3.63) is 23.3 Å². The molecule has 0 aliphatic carbocycles. The minimum absolute atomic E-state index is 0.204. The van der Waals surface area contributed by atoms with Crippen molar-refractivity contribution in [3.63, 3.8) is 0 Å². The average Bonchev–Trinajstić information content (AvgIpc) is 3.10. The van der Waals surface area contributed by atoms with Crippen LogP contribution in [0.2, 0.25) is 0 Å². The van der Waals surface area contributed by atoms with Gasteiger partial charge in [0.1, 0.15) is 0 Å². The molecule has 0 radical (unpaired) electrons. The summed E-state index contributed by atoms with van der Waals surface area (Å²) in [5.41, 5.74) is 0. The van der Waals surface area contributed by atoms with E-state index >= 15 is 0 Å². The van der Waals surface area contributed by atoms with Crippen LogP contribution in [0, 0.1) is 0 Å². The van der Waals surface area contributed by atoms with E-state index in [4.69, 9.17) is 4.52 Å². The average molecular weight is 265 g/mol. The first-order chi connectivity index (χ1) is 8.86. The van der Waals surface area contributed by atoms with E-state index < -0.39 is 0 Å². The number of rotatable bonds is 4. The largest absolute Gasteiger partial charge is 0.395 e. The molecule has 0 bridgehead atoms. The lowest BCUT2D eigenvalue weighted by Gasteiger charge is -2.20. The van der Waals surface area contributed by atoms with Crippen molar-refractivity contribution in [2.45, 2.75) is 25.4 Å². The minimum Gasteiger partial charge on any atom is -0.395 e. The van der Waals surface area contributed by atoms with E-state index in [0.29, 0.717) is 18.3 Å². The zero-order valence-corrected chi connectivity index (χ0v) is 10.8. The second-order valence-electron chi connectivity index (χ2n) is 4.44. The first-order valence-corrected chi connectivity index (χ1v) is 6.96. The van der Waals surface area contributed by atoms with E-state index in [1.807, 2.05) is 17.5 Å².